The zero-order valence-electron chi connectivity index (χ0n) is 11.5. The second-order valence-corrected chi connectivity index (χ2v) is 5.62. The van der Waals surface area contributed by atoms with E-state index in [0.717, 1.165) is 31.5 Å². The first-order chi connectivity index (χ1) is 10.2. The molecule has 1 aliphatic heterocycles. The van der Waals surface area contributed by atoms with Crippen molar-refractivity contribution in [2.24, 2.45) is 0 Å². The zero-order valence-corrected chi connectivity index (χ0v) is 12.3. The molecule has 6 heteroatoms. The third-order valence-corrected chi connectivity index (χ3v) is 3.90. The molecule has 0 unspecified atom stereocenters. The summed E-state index contributed by atoms with van der Waals surface area (Å²) in [6.45, 7) is 1.84. The van der Waals surface area contributed by atoms with Crippen molar-refractivity contribution in [2.75, 3.05) is 13.1 Å². The molecule has 0 spiro atoms. The summed E-state index contributed by atoms with van der Waals surface area (Å²) in [7, 11) is 0. The van der Waals surface area contributed by atoms with E-state index in [2.05, 4.69) is 20.8 Å². The third kappa shape index (κ3) is 3.25. The summed E-state index contributed by atoms with van der Waals surface area (Å²) < 4.78 is 0. The Hall–Kier alpha value is -1.85. The number of nitrogens with zero attached hydrogens (tertiary/aromatic N) is 1. The van der Waals surface area contributed by atoms with Gasteiger partial charge in [0.05, 0.1) is 17.5 Å². The first-order valence-corrected chi connectivity index (χ1v) is 7.43. The fraction of sp³-hybridized carbons (Fsp3) is 0.333. The standard InChI is InChI=1S/C15H17ClN4O/c16-11-5-3-10(4-6-11)14-13(9-18-20-14)15(21)19-12-2-1-7-17-8-12/h3-6,9,12,17H,1-2,7-8H2,(H,18,20)(H,19,21)/t12-/m0/s1. The number of carbonyl (C=O) groups is 1. The lowest BCUT2D eigenvalue weighted by Crippen LogP contribution is -2.45. The Morgan fingerprint density at radius 3 is 2.86 bits per heavy atom. The van der Waals surface area contributed by atoms with E-state index >= 15 is 0 Å². The molecule has 0 radical (unpaired) electrons. The number of amides is 1. The largest absolute Gasteiger partial charge is 0.348 e. The van der Waals surface area contributed by atoms with Gasteiger partial charge in [-0.3, -0.25) is 9.89 Å². The van der Waals surface area contributed by atoms with Gasteiger partial charge in [0.2, 0.25) is 0 Å². The number of hydrogen-bond donors (Lipinski definition) is 3. The van der Waals surface area contributed by atoms with Crippen molar-refractivity contribution in [3.63, 3.8) is 0 Å². The van der Waals surface area contributed by atoms with Crippen LogP contribution >= 0.6 is 11.6 Å². The minimum Gasteiger partial charge on any atom is -0.348 e. The maximum absolute atomic E-state index is 12.4. The predicted molar refractivity (Wildman–Crippen MR) is 82.4 cm³/mol. The maximum Gasteiger partial charge on any atom is 0.255 e. The van der Waals surface area contributed by atoms with Crippen molar-refractivity contribution < 1.29 is 4.79 Å². The van der Waals surface area contributed by atoms with E-state index < -0.39 is 0 Å². The van der Waals surface area contributed by atoms with Gasteiger partial charge >= 0.3 is 0 Å². The number of hydrogen-bond acceptors (Lipinski definition) is 3. The number of aromatic amines is 1. The number of carbonyl (C=O) groups excluding carboxylic acids is 1. The second-order valence-electron chi connectivity index (χ2n) is 5.18. The van der Waals surface area contributed by atoms with Crippen LogP contribution in [0, 0.1) is 0 Å². The van der Waals surface area contributed by atoms with Crippen LogP contribution in [-0.4, -0.2) is 35.2 Å². The summed E-state index contributed by atoms with van der Waals surface area (Å²) in [6, 6.07) is 7.51. The summed E-state index contributed by atoms with van der Waals surface area (Å²) >= 11 is 5.89. The second kappa shape index (κ2) is 6.28. The van der Waals surface area contributed by atoms with Crippen LogP contribution in [0.2, 0.25) is 5.02 Å². The Balaban J connectivity index is 1.78. The SMILES string of the molecule is O=C(N[C@H]1CCCNC1)c1cn[nH]c1-c1ccc(Cl)cc1. The molecule has 0 saturated carbocycles. The van der Waals surface area contributed by atoms with Crippen molar-refractivity contribution in [2.45, 2.75) is 18.9 Å². The quantitative estimate of drug-likeness (QED) is 0.814. The number of piperidine rings is 1. The molecule has 5 nitrogen and oxygen atoms in total. The molecule has 1 aromatic heterocycles. The van der Waals surface area contributed by atoms with E-state index in [-0.39, 0.29) is 11.9 Å². The number of H-pyrrole nitrogens is 1. The van der Waals surface area contributed by atoms with Crippen LogP contribution in [0.1, 0.15) is 23.2 Å². The van der Waals surface area contributed by atoms with Crippen molar-refractivity contribution in [1.29, 1.82) is 0 Å². The van der Waals surface area contributed by atoms with Gasteiger partial charge in [-0.2, -0.15) is 5.10 Å². The summed E-state index contributed by atoms with van der Waals surface area (Å²) in [5.41, 5.74) is 2.17. The minimum absolute atomic E-state index is 0.0950. The lowest BCUT2D eigenvalue weighted by Gasteiger charge is -2.23. The molecule has 1 atom stereocenters. The highest BCUT2D eigenvalue weighted by molar-refractivity contribution is 6.30. The molecule has 0 bridgehead atoms. The van der Waals surface area contributed by atoms with Crippen molar-refractivity contribution in [3.8, 4) is 11.3 Å². The molecular weight excluding hydrogens is 288 g/mol. The topological polar surface area (TPSA) is 69.8 Å². The van der Waals surface area contributed by atoms with Gasteiger partial charge in [-0.25, -0.2) is 0 Å². The predicted octanol–water partition coefficient (Wildman–Crippen LogP) is 2.21. The average molecular weight is 305 g/mol. The van der Waals surface area contributed by atoms with E-state index in [1.807, 2.05) is 12.1 Å². The summed E-state index contributed by atoms with van der Waals surface area (Å²) in [5, 5.41) is 13.9. The van der Waals surface area contributed by atoms with Crippen LogP contribution in [0.25, 0.3) is 11.3 Å². The van der Waals surface area contributed by atoms with E-state index in [0.29, 0.717) is 16.3 Å². The lowest BCUT2D eigenvalue weighted by atomic mass is 10.1. The normalized spacial score (nSPS) is 18.4. The van der Waals surface area contributed by atoms with Crippen LogP contribution in [-0.2, 0) is 0 Å². The molecule has 1 fully saturated rings. The highest BCUT2D eigenvalue weighted by Crippen LogP contribution is 2.23. The fourth-order valence-electron chi connectivity index (χ4n) is 2.53. The Labute approximate surface area is 128 Å². The number of aromatic nitrogens is 2. The maximum atomic E-state index is 12.4. The van der Waals surface area contributed by atoms with Gasteiger partial charge in [-0.1, -0.05) is 23.7 Å². The lowest BCUT2D eigenvalue weighted by molar-refractivity contribution is 0.0931. The molecular formula is C15H17ClN4O. The number of benzene rings is 1. The Kier molecular flexibility index (Phi) is 4.22. The molecule has 3 N–H and O–H groups in total. The minimum atomic E-state index is -0.0950. The van der Waals surface area contributed by atoms with Crippen LogP contribution in [0.4, 0.5) is 0 Å². The molecule has 21 heavy (non-hydrogen) atoms. The molecule has 0 aliphatic carbocycles. The molecule has 110 valence electrons. The molecule has 3 rings (SSSR count). The average Bonchev–Trinajstić information content (AvgIpc) is 2.98. The van der Waals surface area contributed by atoms with E-state index in [9.17, 15) is 4.79 Å². The molecule has 1 amide bonds. The van der Waals surface area contributed by atoms with E-state index in [4.69, 9.17) is 11.6 Å². The van der Waals surface area contributed by atoms with Crippen LogP contribution in [0.15, 0.2) is 30.5 Å². The highest BCUT2D eigenvalue weighted by atomic mass is 35.5. The zero-order chi connectivity index (χ0) is 14.7. The van der Waals surface area contributed by atoms with E-state index in [1.54, 1.807) is 18.3 Å². The molecule has 2 heterocycles. The summed E-state index contributed by atoms with van der Waals surface area (Å²) in [6.07, 6.45) is 3.66. The Morgan fingerprint density at radius 1 is 1.33 bits per heavy atom. The third-order valence-electron chi connectivity index (χ3n) is 3.65. The highest BCUT2D eigenvalue weighted by Gasteiger charge is 2.20. The Morgan fingerprint density at radius 2 is 2.14 bits per heavy atom. The first kappa shape index (κ1) is 14.1. The van der Waals surface area contributed by atoms with Gasteiger partial charge in [-0.05, 0) is 31.5 Å². The van der Waals surface area contributed by atoms with Gasteiger partial charge in [0.25, 0.3) is 5.91 Å². The van der Waals surface area contributed by atoms with Gasteiger partial charge in [0.15, 0.2) is 0 Å². The van der Waals surface area contributed by atoms with E-state index in [1.165, 1.54) is 0 Å². The van der Waals surface area contributed by atoms with Crippen molar-refractivity contribution in [3.05, 3.63) is 41.0 Å². The van der Waals surface area contributed by atoms with Gasteiger partial charge in [-0.15, -0.1) is 0 Å². The first-order valence-electron chi connectivity index (χ1n) is 7.05. The molecule has 2 aromatic rings. The fourth-order valence-corrected chi connectivity index (χ4v) is 2.66. The number of nitrogens with one attached hydrogen (secondary N) is 3. The summed E-state index contributed by atoms with van der Waals surface area (Å²) in [4.78, 5) is 12.4. The van der Waals surface area contributed by atoms with Gasteiger partial charge in [0.1, 0.15) is 0 Å². The van der Waals surface area contributed by atoms with Crippen LogP contribution in [0.3, 0.4) is 0 Å². The summed E-state index contributed by atoms with van der Waals surface area (Å²) in [5.74, 6) is -0.0950. The molecule has 1 aliphatic rings. The van der Waals surface area contributed by atoms with Crippen molar-refractivity contribution >= 4 is 17.5 Å². The molecule has 1 saturated heterocycles. The van der Waals surface area contributed by atoms with Gasteiger partial charge < -0.3 is 10.6 Å². The monoisotopic (exact) mass is 304 g/mol. The Bertz CT molecular complexity index is 617. The van der Waals surface area contributed by atoms with Gasteiger partial charge in [0, 0.05) is 23.2 Å². The van der Waals surface area contributed by atoms with Crippen LogP contribution in [0.5, 0.6) is 0 Å². The number of rotatable bonds is 3. The molecule has 1 aromatic carbocycles. The number of halogens is 1. The van der Waals surface area contributed by atoms with Crippen LogP contribution < -0.4 is 10.6 Å². The van der Waals surface area contributed by atoms with Crippen molar-refractivity contribution in [1.82, 2.24) is 20.8 Å². The smallest absolute Gasteiger partial charge is 0.255 e.